The molecule has 5 rings (SSSR count). The van der Waals surface area contributed by atoms with Crippen molar-refractivity contribution in [3.63, 3.8) is 0 Å². The van der Waals surface area contributed by atoms with Crippen LogP contribution in [0.4, 0.5) is 0 Å². The summed E-state index contributed by atoms with van der Waals surface area (Å²) in [6.45, 7) is 1.97. The number of Topliss-reactive ketones (excluding diaryl/α,β-unsaturated/α-hetero) is 1. The van der Waals surface area contributed by atoms with E-state index in [1.165, 1.54) is 12.3 Å². The van der Waals surface area contributed by atoms with Gasteiger partial charge in [0.25, 0.3) is 0 Å². The standard InChI is InChI=1S/C26H22O7/c1-15-6-8-17(9-7-15)31-23-14-30-22-13-18(10-11-19(22)24(23)27)32-25(28)20-12-16-4-2-3-5-21(16)33-26(20)29/h2-9,12,14,18-19,22H,10-11,13H2,1H3. The maximum atomic E-state index is 12.9. The highest BCUT2D eigenvalue weighted by molar-refractivity contribution is 5.96. The van der Waals surface area contributed by atoms with Gasteiger partial charge in [-0.2, -0.15) is 0 Å². The van der Waals surface area contributed by atoms with Gasteiger partial charge in [0.1, 0.15) is 35.4 Å². The minimum atomic E-state index is -0.739. The number of carbonyl (C=O) groups is 2. The van der Waals surface area contributed by atoms with Crippen LogP contribution in [0.2, 0.25) is 0 Å². The number of ketones is 1. The van der Waals surface area contributed by atoms with Crippen LogP contribution in [0.3, 0.4) is 0 Å². The van der Waals surface area contributed by atoms with E-state index in [0.717, 1.165) is 5.56 Å². The molecule has 3 aromatic rings. The van der Waals surface area contributed by atoms with E-state index in [-0.39, 0.29) is 23.0 Å². The summed E-state index contributed by atoms with van der Waals surface area (Å²) in [6.07, 6.45) is 1.79. The van der Waals surface area contributed by atoms with Gasteiger partial charge < -0.3 is 18.6 Å². The molecule has 3 atom stereocenters. The second-order valence-electron chi connectivity index (χ2n) is 8.37. The average molecular weight is 446 g/mol. The van der Waals surface area contributed by atoms with Crippen LogP contribution in [0, 0.1) is 12.8 Å². The summed E-state index contributed by atoms with van der Waals surface area (Å²) in [6, 6.07) is 15.8. The first kappa shape index (κ1) is 21.0. The Morgan fingerprint density at radius 3 is 2.64 bits per heavy atom. The number of benzene rings is 2. The second-order valence-corrected chi connectivity index (χ2v) is 8.37. The number of hydrogen-bond donors (Lipinski definition) is 0. The topological polar surface area (TPSA) is 92.0 Å². The summed E-state index contributed by atoms with van der Waals surface area (Å²) in [5.41, 5.74) is 0.614. The molecule has 1 aliphatic heterocycles. The molecule has 7 heteroatoms. The monoisotopic (exact) mass is 446 g/mol. The Hall–Kier alpha value is -3.87. The lowest BCUT2D eigenvalue weighted by Gasteiger charge is -2.36. The zero-order valence-electron chi connectivity index (χ0n) is 18.0. The van der Waals surface area contributed by atoms with Crippen LogP contribution in [0.1, 0.15) is 35.2 Å². The van der Waals surface area contributed by atoms with E-state index < -0.39 is 23.8 Å². The van der Waals surface area contributed by atoms with Gasteiger partial charge in [-0.15, -0.1) is 0 Å². The van der Waals surface area contributed by atoms with Gasteiger partial charge in [-0.3, -0.25) is 4.79 Å². The number of ether oxygens (including phenoxy) is 3. The highest BCUT2D eigenvalue weighted by atomic mass is 16.6. The highest BCUT2D eigenvalue weighted by Gasteiger charge is 2.42. The molecule has 2 aromatic carbocycles. The smallest absolute Gasteiger partial charge is 0.351 e. The van der Waals surface area contributed by atoms with E-state index in [1.807, 2.05) is 19.1 Å². The molecule has 168 valence electrons. The van der Waals surface area contributed by atoms with Crippen molar-refractivity contribution in [2.45, 2.75) is 38.4 Å². The van der Waals surface area contributed by atoms with E-state index in [9.17, 15) is 14.4 Å². The molecule has 33 heavy (non-hydrogen) atoms. The highest BCUT2D eigenvalue weighted by Crippen LogP contribution is 2.35. The van der Waals surface area contributed by atoms with Crippen LogP contribution in [-0.2, 0) is 14.3 Å². The SMILES string of the molecule is Cc1ccc(OC2=COC3CC(OC(=O)c4cc5ccccc5oc4=O)CCC3C2=O)cc1. The Labute approximate surface area is 189 Å². The molecule has 7 nitrogen and oxygen atoms in total. The first-order valence-electron chi connectivity index (χ1n) is 10.9. The van der Waals surface area contributed by atoms with Crippen LogP contribution in [0.5, 0.6) is 5.75 Å². The summed E-state index contributed by atoms with van der Waals surface area (Å²) < 4.78 is 22.3. The largest absolute Gasteiger partial charge is 0.493 e. The minimum absolute atomic E-state index is 0.119. The molecule has 0 N–H and O–H groups in total. The third-order valence-corrected chi connectivity index (χ3v) is 6.06. The fraction of sp³-hybridized carbons (Fsp3) is 0.269. The number of esters is 1. The number of aryl methyl sites for hydroxylation is 1. The average Bonchev–Trinajstić information content (AvgIpc) is 2.82. The zero-order chi connectivity index (χ0) is 22.9. The Bertz CT molecular complexity index is 1300. The van der Waals surface area contributed by atoms with Crippen molar-refractivity contribution in [1.82, 2.24) is 0 Å². The van der Waals surface area contributed by atoms with E-state index in [0.29, 0.717) is 36.0 Å². The summed E-state index contributed by atoms with van der Waals surface area (Å²) in [4.78, 5) is 37.8. The molecule has 1 aromatic heterocycles. The quantitative estimate of drug-likeness (QED) is 0.435. The fourth-order valence-electron chi connectivity index (χ4n) is 4.27. The Kier molecular flexibility index (Phi) is 5.46. The molecular formula is C26H22O7. The van der Waals surface area contributed by atoms with Crippen molar-refractivity contribution in [3.8, 4) is 5.75 Å². The zero-order valence-corrected chi connectivity index (χ0v) is 18.0. The number of allylic oxidation sites excluding steroid dienone is 1. The van der Waals surface area contributed by atoms with Gasteiger partial charge in [-0.25, -0.2) is 9.59 Å². The minimum Gasteiger partial charge on any atom is -0.493 e. The van der Waals surface area contributed by atoms with Crippen molar-refractivity contribution < 1.29 is 28.2 Å². The molecular weight excluding hydrogens is 424 g/mol. The molecule has 1 aliphatic carbocycles. The molecule has 2 heterocycles. The molecule has 1 fully saturated rings. The number of hydrogen-bond acceptors (Lipinski definition) is 7. The fourth-order valence-corrected chi connectivity index (χ4v) is 4.27. The third kappa shape index (κ3) is 4.26. The summed E-state index contributed by atoms with van der Waals surface area (Å²) in [7, 11) is 0. The van der Waals surface area contributed by atoms with Crippen LogP contribution in [0.15, 0.2) is 75.8 Å². The normalized spacial score (nSPS) is 22.2. The summed E-state index contributed by atoms with van der Waals surface area (Å²) in [5.74, 6) is -0.481. The van der Waals surface area contributed by atoms with Crippen LogP contribution in [0.25, 0.3) is 11.0 Å². The lowest BCUT2D eigenvalue weighted by atomic mass is 9.80. The Morgan fingerprint density at radius 1 is 1.03 bits per heavy atom. The first-order chi connectivity index (χ1) is 16.0. The predicted molar refractivity (Wildman–Crippen MR) is 119 cm³/mol. The Balaban J connectivity index is 1.25. The molecule has 0 bridgehead atoms. The molecule has 0 saturated heterocycles. The second kappa shape index (κ2) is 8.58. The molecule has 1 saturated carbocycles. The maximum absolute atomic E-state index is 12.9. The van der Waals surface area contributed by atoms with Gasteiger partial charge in [-0.05, 0) is 44.0 Å². The van der Waals surface area contributed by atoms with Gasteiger partial charge >= 0.3 is 11.6 Å². The van der Waals surface area contributed by atoms with E-state index in [1.54, 1.807) is 36.4 Å². The summed E-state index contributed by atoms with van der Waals surface area (Å²) >= 11 is 0. The molecule has 0 amide bonds. The first-order valence-corrected chi connectivity index (χ1v) is 10.9. The molecule has 3 unspecified atom stereocenters. The van der Waals surface area contributed by atoms with Crippen molar-refractivity contribution >= 4 is 22.7 Å². The number of para-hydroxylation sites is 1. The van der Waals surface area contributed by atoms with Crippen molar-refractivity contribution in [2.75, 3.05) is 0 Å². The van der Waals surface area contributed by atoms with E-state index >= 15 is 0 Å². The number of fused-ring (bicyclic) bond motifs is 2. The lowest BCUT2D eigenvalue weighted by molar-refractivity contribution is -0.132. The molecule has 0 spiro atoms. The lowest BCUT2D eigenvalue weighted by Crippen LogP contribution is -2.43. The van der Waals surface area contributed by atoms with Crippen LogP contribution < -0.4 is 10.4 Å². The van der Waals surface area contributed by atoms with Gasteiger partial charge in [0.15, 0.2) is 0 Å². The summed E-state index contributed by atoms with van der Waals surface area (Å²) in [5, 5.41) is 0.639. The van der Waals surface area contributed by atoms with Crippen molar-refractivity contribution in [2.24, 2.45) is 5.92 Å². The maximum Gasteiger partial charge on any atom is 0.351 e. The van der Waals surface area contributed by atoms with Gasteiger partial charge in [0.2, 0.25) is 11.5 Å². The van der Waals surface area contributed by atoms with Crippen LogP contribution >= 0.6 is 0 Å². The number of carbonyl (C=O) groups excluding carboxylic acids is 2. The van der Waals surface area contributed by atoms with Gasteiger partial charge in [0.05, 0.1) is 5.92 Å². The predicted octanol–water partition coefficient (Wildman–Crippen LogP) is 4.32. The van der Waals surface area contributed by atoms with Crippen molar-refractivity contribution in [3.05, 3.63) is 88.2 Å². The number of rotatable bonds is 4. The van der Waals surface area contributed by atoms with Crippen molar-refractivity contribution in [1.29, 1.82) is 0 Å². The molecule has 2 aliphatic rings. The third-order valence-electron chi connectivity index (χ3n) is 6.06. The van der Waals surface area contributed by atoms with Gasteiger partial charge in [0, 0.05) is 11.8 Å². The Morgan fingerprint density at radius 2 is 1.82 bits per heavy atom. The molecule has 0 radical (unpaired) electrons. The van der Waals surface area contributed by atoms with Crippen LogP contribution in [-0.4, -0.2) is 24.0 Å². The van der Waals surface area contributed by atoms with Gasteiger partial charge in [-0.1, -0.05) is 35.9 Å². The van der Waals surface area contributed by atoms with E-state index in [4.69, 9.17) is 18.6 Å². The van der Waals surface area contributed by atoms with E-state index in [2.05, 4.69) is 0 Å².